The summed E-state index contributed by atoms with van der Waals surface area (Å²) in [4.78, 5) is 12.8. The number of nitrogens with zero attached hydrogens (tertiary/aromatic N) is 1. The van der Waals surface area contributed by atoms with E-state index >= 15 is 0 Å². The lowest BCUT2D eigenvalue weighted by Crippen LogP contribution is -2.44. The maximum atomic E-state index is 11.3. The molecule has 0 aromatic carbocycles. The summed E-state index contributed by atoms with van der Waals surface area (Å²) in [6, 6.07) is 0. The fraction of sp³-hybridized carbons (Fsp3) is 0.667. The molecule has 1 fully saturated rings. The Bertz CT molecular complexity index is 226. The molecule has 2 N–H and O–H groups in total. The van der Waals surface area contributed by atoms with Gasteiger partial charge in [0.15, 0.2) is 6.10 Å². The van der Waals surface area contributed by atoms with Gasteiger partial charge in [0.25, 0.3) is 5.91 Å². The number of rotatable bonds is 1. The minimum absolute atomic E-state index is 0.327. The van der Waals surface area contributed by atoms with Crippen LogP contribution in [0.4, 0.5) is 0 Å². The molecule has 0 aliphatic carbocycles. The van der Waals surface area contributed by atoms with Crippen LogP contribution in [0.5, 0.6) is 0 Å². The zero-order chi connectivity index (χ0) is 9.84. The monoisotopic (exact) mass is 183 g/mol. The van der Waals surface area contributed by atoms with Gasteiger partial charge in [0.1, 0.15) is 0 Å². The average molecular weight is 183 g/mol. The maximum absolute atomic E-state index is 11.3. The highest BCUT2D eigenvalue weighted by atomic mass is 16.3. The van der Waals surface area contributed by atoms with Gasteiger partial charge in [0, 0.05) is 13.1 Å². The summed E-state index contributed by atoms with van der Waals surface area (Å²) in [5.74, 6) is 1.54. The summed E-state index contributed by atoms with van der Waals surface area (Å²) in [5.41, 5.74) is 0. The number of hydrogen-bond acceptors (Lipinski definition) is 3. The van der Waals surface area contributed by atoms with Gasteiger partial charge < -0.3 is 15.1 Å². The molecule has 1 aliphatic heterocycles. The van der Waals surface area contributed by atoms with E-state index in [-0.39, 0.29) is 6.10 Å². The molecule has 1 amide bonds. The number of likely N-dealkylation sites (tertiary alicyclic amines) is 1. The van der Waals surface area contributed by atoms with Crippen molar-refractivity contribution in [2.45, 2.75) is 25.0 Å². The normalized spacial score (nSPS) is 20.8. The van der Waals surface area contributed by atoms with E-state index in [0.717, 1.165) is 0 Å². The van der Waals surface area contributed by atoms with E-state index in [1.165, 1.54) is 4.90 Å². The fourth-order valence-electron chi connectivity index (χ4n) is 1.33. The standard InChI is InChI=1S/C9H13NO3/c1-2-8(12)9(13)10-5-3-7(11)4-6-10/h1,7-8,11-12H,3-6H2/t8-/m0/s1. The van der Waals surface area contributed by atoms with Gasteiger partial charge in [-0.05, 0) is 12.8 Å². The first-order valence-corrected chi connectivity index (χ1v) is 4.26. The molecule has 0 spiro atoms. The molecular weight excluding hydrogens is 170 g/mol. The fourth-order valence-corrected chi connectivity index (χ4v) is 1.33. The Labute approximate surface area is 77.2 Å². The Hall–Kier alpha value is -1.05. The van der Waals surface area contributed by atoms with E-state index in [9.17, 15) is 4.79 Å². The van der Waals surface area contributed by atoms with E-state index in [1.54, 1.807) is 0 Å². The van der Waals surface area contributed by atoms with E-state index < -0.39 is 12.0 Å². The second-order valence-electron chi connectivity index (χ2n) is 3.13. The van der Waals surface area contributed by atoms with Crippen molar-refractivity contribution in [2.75, 3.05) is 13.1 Å². The first-order chi connectivity index (χ1) is 6.15. The Kier molecular flexibility index (Phi) is 3.29. The SMILES string of the molecule is C#C[C@H](O)C(=O)N1CCC(O)CC1. The lowest BCUT2D eigenvalue weighted by Gasteiger charge is -2.30. The van der Waals surface area contributed by atoms with E-state index in [1.807, 2.05) is 5.92 Å². The third-order valence-corrected chi connectivity index (χ3v) is 2.17. The summed E-state index contributed by atoms with van der Waals surface area (Å²) in [7, 11) is 0. The van der Waals surface area contributed by atoms with Crippen LogP contribution in [-0.4, -0.2) is 46.3 Å². The molecule has 0 aromatic heterocycles. The summed E-state index contributed by atoms with van der Waals surface area (Å²) in [5, 5.41) is 18.2. The largest absolute Gasteiger partial charge is 0.393 e. The molecule has 0 unspecified atom stereocenters. The number of carbonyl (C=O) groups is 1. The van der Waals surface area contributed by atoms with E-state index in [2.05, 4.69) is 0 Å². The van der Waals surface area contributed by atoms with Gasteiger partial charge in [-0.1, -0.05) is 5.92 Å². The van der Waals surface area contributed by atoms with Crippen LogP contribution in [0.15, 0.2) is 0 Å². The first kappa shape index (κ1) is 10.0. The first-order valence-electron chi connectivity index (χ1n) is 4.26. The number of aliphatic hydroxyl groups excluding tert-OH is 2. The van der Waals surface area contributed by atoms with Crippen molar-refractivity contribution >= 4 is 5.91 Å². The lowest BCUT2D eigenvalue weighted by atomic mass is 10.1. The number of hydrogen-bond donors (Lipinski definition) is 2. The van der Waals surface area contributed by atoms with Crippen LogP contribution in [0.1, 0.15) is 12.8 Å². The number of carbonyl (C=O) groups excluding carboxylic acids is 1. The van der Waals surface area contributed by atoms with E-state index in [0.29, 0.717) is 25.9 Å². The van der Waals surface area contributed by atoms with Gasteiger partial charge in [-0.2, -0.15) is 0 Å². The molecule has 0 aromatic rings. The molecule has 1 aliphatic rings. The smallest absolute Gasteiger partial charge is 0.263 e. The van der Waals surface area contributed by atoms with Gasteiger partial charge >= 0.3 is 0 Å². The average Bonchev–Trinajstić information content (AvgIpc) is 2.17. The second kappa shape index (κ2) is 4.26. The van der Waals surface area contributed by atoms with Gasteiger partial charge in [-0.15, -0.1) is 6.42 Å². The summed E-state index contributed by atoms with van der Waals surface area (Å²) >= 11 is 0. The van der Waals surface area contributed by atoms with Crippen LogP contribution in [0.25, 0.3) is 0 Å². The van der Waals surface area contributed by atoms with Crippen molar-refractivity contribution in [1.29, 1.82) is 0 Å². The number of piperidine rings is 1. The molecule has 0 bridgehead atoms. The van der Waals surface area contributed by atoms with Crippen LogP contribution < -0.4 is 0 Å². The van der Waals surface area contributed by atoms with Crippen molar-refractivity contribution in [3.8, 4) is 12.3 Å². The Balaban J connectivity index is 2.46. The summed E-state index contributed by atoms with van der Waals surface area (Å²) < 4.78 is 0. The molecule has 0 radical (unpaired) electrons. The minimum Gasteiger partial charge on any atom is -0.393 e. The lowest BCUT2D eigenvalue weighted by molar-refractivity contribution is -0.139. The van der Waals surface area contributed by atoms with Crippen LogP contribution in [-0.2, 0) is 4.79 Å². The highest BCUT2D eigenvalue weighted by Gasteiger charge is 2.24. The molecule has 13 heavy (non-hydrogen) atoms. The Morgan fingerprint density at radius 2 is 2.08 bits per heavy atom. The summed E-state index contributed by atoms with van der Waals surface area (Å²) in [6.45, 7) is 0.942. The zero-order valence-corrected chi connectivity index (χ0v) is 7.31. The molecule has 1 atom stereocenters. The molecule has 4 heteroatoms. The van der Waals surface area contributed by atoms with Crippen molar-refractivity contribution in [2.24, 2.45) is 0 Å². The zero-order valence-electron chi connectivity index (χ0n) is 7.31. The van der Waals surface area contributed by atoms with Crippen molar-refractivity contribution in [3.05, 3.63) is 0 Å². The number of aliphatic hydroxyl groups is 2. The van der Waals surface area contributed by atoms with Gasteiger partial charge in [-0.3, -0.25) is 4.79 Å². The third-order valence-electron chi connectivity index (χ3n) is 2.17. The number of amides is 1. The van der Waals surface area contributed by atoms with Crippen molar-refractivity contribution in [1.82, 2.24) is 4.90 Å². The van der Waals surface area contributed by atoms with Gasteiger partial charge in [0.05, 0.1) is 6.10 Å². The predicted octanol–water partition coefficient (Wildman–Crippen LogP) is -1.04. The number of terminal acetylenes is 1. The maximum Gasteiger partial charge on any atom is 0.263 e. The van der Waals surface area contributed by atoms with Gasteiger partial charge in [0.2, 0.25) is 0 Å². The topological polar surface area (TPSA) is 60.8 Å². The van der Waals surface area contributed by atoms with Crippen LogP contribution in [0.3, 0.4) is 0 Å². The van der Waals surface area contributed by atoms with Crippen molar-refractivity contribution in [3.63, 3.8) is 0 Å². The Morgan fingerprint density at radius 3 is 2.54 bits per heavy atom. The van der Waals surface area contributed by atoms with Crippen LogP contribution in [0, 0.1) is 12.3 Å². The minimum atomic E-state index is -1.34. The highest BCUT2D eigenvalue weighted by molar-refractivity contribution is 5.83. The van der Waals surface area contributed by atoms with Crippen LogP contribution >= 0.6 is 0 Å². The van der Waals surface area contributed by atoms with Crippen LogP contribution in [0.2, 0.25) is 0 Å². The molecule has 1 rings (SSSR count). The summed E-state index contributed by atoms with van der Waals surface area (Å²) in [6.07, 6.45) is 4.36. The molecule has 1 saturated heterocycles. The highest BCUT2D eigenvalue weighted by Crippen LogP contribution is 2.10. The second-order valence-corrected chi connectivity index (χ2v) is 3.13. The molecule has 0 saturated carbocycles. The third kappa shape index (κ3) is 2.44. The van der Waals surface area contributed by atoms with Crippen molar-refractivity contribution < 1.29 is 15.0 Å². The predicted molar refractivity (Wildman–Crippen MR) is 46.7 cm³/mol. The van der Waals surface area contributed by atoms with Gasteiger partial charge in [-0.25, -0.2) is 0 Å². The molecule has 4 nitrogen and oxygen atoms in total. The molecule has 1 heterocycles. The molecule has 72 valence electrons. The Morgan fingerprint density at radius 1 is 1.54 bits per heavy atom. The quantitative estimate of drug-likeness (QED) is 0.511. The molecular formula is C9H13NO3. The van der Waals surface area contributed by atoms with E-state index in [4.69, 9.17) is 16.6 Å².